The van der Waals surface area contributed by atoms with Crippen LogP contribution < -0.4 is 0 Å². The summed E-state index contributed by atoms with van der Waals surface area (Å²) >= 11 is 0. The van der Waals surface area contributed by atoms with E-state index >= 15 is 0 Å². The average Bonchev–Trinajstić information content (AvgIpc) is 2.27. The normalized spacial score (nSPS) is 11.1. The first kappa shape index (κ1) is 20.2. The van der Waals surface area contributed by atoms with Crippen molar-refractivity contribution in [2.75, 3.05) is 26.4 Å². The summed E-state index contributed by atoms with van der Waals surface area (Å²) < 4.78 is 19.7. The molecule has 0 unspecified atom stereocenters. The summed E-state index contributed by atoms with van der Waals surface area (Å²) in [5, 5.41) is 0. The Kier molecular flexibility index (Phi) is 15.0. The van der Waals surface area contributed by atoms with Gasteiger partial charge in [-0.05, 0) is 20.8 Å². The van der Waals surface area contributed by atoms with E-state index in [0.717, 1.165) is 0 Å². The predicted octanol–water partition coefficient (Wildman–Crippen LogP) is -0.585. The van der Waals surface area contributed by atoms with Crippen molar-refractivity contribution in [3.05, 3.63) is 12.7 Å². The fraction of sp³-hybridized carbons (Fsp3) is 0.778. The van der Waals surface area contributed by atoms with Gasteiger partial charge in [0.05, 0.1) is 6.61 Å². The second-order valence-electron chi connectivity index (χ2n) is 2.83. The summed E-state index contributed by atoms with van der Waals surface area (Å²) in [6.07, 6.45) is 1.31. The summed E-state index contributed by atoms with van der Waals surface area (Å²) in [6.45, 7) is 11.0. The van der Waals surface area contributed by atoms with Crippen molar-refractivity contribution in [1.29, 1.82) is 0 Å². The molecule has 0 saturated carbocycles. The first-order chi connectivity index (χ1) is 8.41. The molecule has 0 amide bonds. The Bertz CT molecular complexity index is 172. The smallest absolute Gasteiger partial charge is 0.376 e. The Morgan fingerprint density at radius 2 is 1.39 bits per heavy atom. The molecule has 7 nitrogen and oxygen atoms in total. The molecule has 0 aromatic rings. The first-order valence-electron chi connectivity index (χ1n) is 5.67. The van der Waals surface area contributed by atoms with Gasteiger partial charge in [-0.2, -0.15) is 0 Å². The molecule has 0 bridgehead atoms. The molecule has 18 heavy (non-hydrogen) atoms. The number of hydrogen-bond acceptors (Lipinski definition) is 7. The van der Waals surface area contributed by atoms with Gasteiger partial charge in [0.1, 0.15) is 0 Å². The van der Waals surface area contributed by atoms with Gasteiger partial charge in [0.2, 0.25) is 0 Å². The Morgan fingerprint density at radius 1 is 1.00 bits per heavy atom. The molecule has 0 rings (SSSR count). The second kappa shape index (κ2) is 13.3. The molecule has 0 spiro atoms. The van der Waals surface area contributed by atoms with Gasteiger partial charge < -0.3 is 32.1 Å². The van der Waals surface area contributed by atoms with Crippen molar-refractivity contribution in [1.82, 2.24) is 0 Å². The van der Waals surface area contributed by atoms with E-state index in [1.165, 1.54) is 6.08 Å². The third kappa shape index (κ3) is 18.3. The lowest BCUT2D eigenvalue weighted by atomic mass is 10.7. The van der Waals surface area contributed by atoms with Gasteiger partial charge in [-0.3, -0.25) is 0 Å². The molecule has 0 radical (unpaired) electrons. The number of hydrogen-bond donors (Lipinski definition) is 3. The van der Waals surface area contributed by atoms with Gasteiger partial charge in [0.25, 0.3) is 0 Å². The van der Waals surface area contributed by atoms with Gasteiger partial charge in [0, 0.05) is 19.8 Å². The summed E-state index contributed by atoms with van der Waals surface area (Å²) in [7, 11) is -5.98. The van der Waals surface area contributed by atoms with Crippen LogP contribution in [0.15, 0.2) is 12.7 Å². The molecule has 0 heterocycles. The van der Waals surface area contributed by atoms with Crippen molar-refractivity contribution in [3.8, 4) is 0 Å². The first-order valence-corrected chi connectivity index (χ1v) is 8.84. The average molecular weight is 300 g/mol. The lowest BCUT2D eigenvalue weighted by molar-refractivity contribution is 0.0745. The molecule has 0 saturated heterocycles. The molecule has 110 valence electrons. The van der Waals surface area contributed by atoms with Crippen LogP contribution in [0.3, 0.4) is 0 Å². The maximum Gasteiger partial charge on any atom is 0.671 e. The Morgan fingerprint density at radius 3 is 1.56 bits per heavy atom. The molecular formula is C9H24O7Si2. The van der Waals surface area contributed by atoms with E-state index in [1.807, 2.05) is 20.8 Å². The molecule has 0 atom stereocenters. The minimum atomic E-state index is -4.25. The Labute approximate surface area is 111 Å². The topological polar surface area (TPSA) is 97.6 Å². The van der Waals surface area contributed by atoms with E-state index in [1.54, 1.807) is 0 Å². The van der Waals surface area contributed by atoms with Crippen molar-refractivity contribution in [3.63, 3.8) is 0 Å². The van der Waals surface area contributed by atoms with Gasteiger partial charge >= 0.3 is 18.6 Å². The van der Waals surface area contributed by atoms with Crippen LogP contribution in [0.25, 0.3) is 0 Å². The SMILES string of the molecule is C=CCO[Si](O)(O)O.CCO[SiH](OCC)OCC. The minimum absolute atomic E-state index is 0.0459. The van der Waals surface area contributed by atoms with Crippen LogP contribution in [-0.2, 0) is 17.7 Å². The van der Waals surface area contributed by atoms with Gasteiger partial charge in [-0.15, -0.1) is 6.58 Å². The minimum Gasteiger partial charge on any atom is -0.376 e. The van der Waals surface area contributed by atoms with Crippen LogP contribution in [0.4, 0.5) is 0 Å². The highest BCUT2D eigenvalue weighted by atomic mass is 28.4. The largest absolute Gasteiger partial charge is 0.671 e. The highest BCUT2D eigenvalue weighted by Gasteiger charge is 2.29. The van der Waals surface area contributed by atoms with Crippen LogP contribution in [-0.4, -0.2) is 59.4 Å². The molecule has 0 fully saturated rings. The van der Waals surface area contributed by atoms with Crippen molar-refractivity contribution >= 4 is 18.6 Å². The van der Waals surface area contributed by atoms with Gasteiger partial charge in [-0.25, -0.2) is 0 Å². The summed E-state index contributed by atoms with van der Waals surface area (Å²) in [6, 6.07) is 0. The van der Waals surface area contributed by atoms with E-state index < -0.39 is 18.6 Å². The van der Waals surface area contributed by atoms with Crippen LogP contribution in [0.2, 0.25) is 0 Å². The van der Waals surface area contributed by atoms with E-state index in [2.05, 4.69) is 11.0 Å². The van der Waals surface area contributed by atoms with E-state index in [0.29, 0.717) is 19.8 Å². The maximum atomic E-state index is 8.13. The highest BCUT2D eigenvalue weighted by molar-refractivity contribution is 6.48. The van der Waals surface area contributed by atoms with E-state index in [9.17, 15) is 0 Å². The van der Waals surface area contributed by atoms with Crippen molar-refractivity contribution in [2.45, 2.75) is 20.8 Å². The lowest BCUT2D eigenvalue weighted by Gasteiger charge is -2.12. The predicted molar refractivity (Wildman–Crippen MR) is 70.6 cm³/mol. The van der Waals surface area contributed by atoms with Gasteiger partial charge in [-0.1, -0.05) is 6.08 Å². The van der Waals surface area contributed by atoms with Gasteiger partial charge in [0.15, 0.2) is 0 Å². The summed E-state index contributed by atoms with van der Waals surface area (Å²) in [5.74, 6) is 0. The Hall–Kier alpha value is -0.106. The third-order valence-electron chi connectivity index (χ3n) is 1.30. The quantitative estimate of drug-likeness (QED) is 0.387. The fourth-order valence-corrected chi connectivity index (χ4v) is 2.17. The summed E-state index contributed by atoms with van der Waals surface area (Å²) in [4.78, 5) is 24.4. The van der Waals surface area contributed by atoms with Crippen LogP contribution >= 0.6 is 0 Å². The third-order valence-corrected chi connectivity index (χ3v) is 3.67. The molecule has 0 aliphatic rings. The Balaban J connectivity index is 0. The molecule has 0 aromatic heterocycles. The molecule has 0 aromatic carbocycles. The standard InChI is InChI=1S/C6H16O3Si.C3H8O4Si/c1-4-7-10(8-5-2)9-6-3;1-2-3-7-8(4,5)6/h10H,4-6H2,1-3H3;2,4-6H,1,3H2. The van der Waals surface area contributed by atoms with Crippen LogP contribution in [0.1, 0.15) is 20.8 Å². The lowest BCUT2D eigenvalue weighted by Crippen LogP contribution is -2.38. The van der Waals surface area contributed by atoms with E-state index in [4.69, 9.17) is 27.7 Å². The zero-order chi connectivity index (χ0) is 14.4. The zero-order valence-electron chi connectivity index (χ0n) is 11.2. The molecular weight excluding hydrogens is 276 g/mol. The monoisotopic (exact) mass is 300 g/mol. The molecule has 3 N–H and O–H groups in total. The summed E-state index contributed by atoms with van der Waals surface area (Å²) in [5.41, 5.74) is 0. The van der Waals surface area contributed by atoms with E-state index in [-0.39, 0.29) is 6.61 Å². The molecule has 0 aliphatic heterocycles. The van der Waals surface area contributed by atoms with Crippen LogP contribution in [0, 0.1) is 0 Å². The number of rotatable bonds is 9. The van der Waals surface area contributed by atoms with Crippen molar-refractivity contribution < 1.29 is 32.1 Å². The van der Waals surface area contributed by atoms with Crippen LogP contribution in [0.5, 0.6) is 0 Å². The zero-order valence-corrected chi connectivity index (χ0v) is 13.3. The molecule has 9 heteroatoms. The second-order valence-corrected chi connectivity index (χ2v) is 5.84. The highest BCUT2D eigenvalue weighted by Crippen LogP contribution is 1.91. The van der Waals surface area contributed by atoms with Crippen molar-refractivity contribution in [2.24, 2.45) is 0 Å². The maximum absolute atomic E-state index is 8.13. The fourth-order valence-electron chi connectivity index (χ4n) is 0.723. The molecule has 0 aliphatic carbocycles.